The van der Waals surface area contributed by atoms with E-state index in [4.69, 9.17) is 4.74 Å². The summed E-state index contributed by atoms with van der Waals surface area (Å²) in [5.41, 5.74) is 4.58. The highest BCUT2D eigenvalue weighted by atomic mass is 32.1. The van der Waals surface area contributed by atoms with E-state index >= 15 is 0 Å². The molecular weight excluding hydrogens is 378 g/mol. The predicted molar refractivity (Wildman–Crippen MR) is 118 cm³/mol. The molecule has 4 rings (SSSR count). The molecule has 0 atom stereocenters. The minimum Gasteiger partial charge on any atom is -0.465 e. The maximum Gasteiger partial charge on any atom is 0.348 e. The van der Waals surface area contributed by atoms with Crippen molar-refractivity contribution in [2.75, 3.05) is 7.11 Å². The summed E-state index contributed by atoms with van der Waals surface area (Å²) in [5, 5.41) is 0. The monoisotopic (exact) mass is 406 g/mol. The molecule has 2 aromatic heterocycles. The summed E-state index contributed by atoms with van der Waals surface area (Å²) in [7, 11) is 3.52. The fraction of sp³-hybridized carbons (Fsp3) is 0.360. The van der Waals surface area contributed by atoms with Crippen LogP contribution in [0.15, 0.2) is 54.9 Å². The van der Waals surface area contributed by atoms with Gasteiger partial charge in [-0.3, -0.25) is 0 Å². The molecule has 1 saturated carbocycles. The Morgan fingerprint density at radius 1 is 1.14 bits per heavy atom. The molecule has 150 valence electrons. The van der Waals surface area contributed by atoms with Gasteiger partial charge in [0.1, 0.15) is 11.9 Å². The number of aromatic nitrogens is 1. The first-order valence-corrected chi connectivity index (χ1v) is 11.2. The van der Waals surface area contributed by atoms with Gasteiger partial charge in [0.25, 0.3) is 0 Å². The minimum atomic E-state index is -0.262. The number of thiophene rings is 1. The van der Waals surface area contributed by atoms with Crippen LogP contribution in [0.4, 0.5) is 0 Å². The van der Waals surface area contributed by atoms with Gasteiger partial charge in [0.2, 0.25) is 0 Å². The number of hydrogen-bond donors (Lipinski definition) is 0. The normalized spacial score (nSPS) is 14.3. The lowest BCUT2D eigenvalue weighted by atomic mass is 9.93. The van der Waals surface area contributed by atoms with Crippen LogP contribution in [0.5, 0.6) is 0 Å². The Morgan fingerprint density at radius 2 is 1.90 bits per heavy atom. The number of carbonyl (C=O) groups excluding carboxylic acids is 1. The first-order chi connectivity index (χ1) is 14.2. The second kappa shape index (κ2) is 8.91. The van der Waals surface area contributed by atoms with Crippen molar-refractivity contribution in [2.24, 2.45) is 13.0 Å². The van der Waals surface area contributed by atoms with Crippen LogP contribution in [0.2, 0.25) is 0 Å². The van der Waals surface area contributed by atoms with E-state index in [1.807, 2.05) is 18.2 Å². The number of carbonyl (C=O) groups is 1. The lowest BCUT2D eigenvalue weighted by molar-refractivity contribution is -0.671. The number of methoxy groups -OCH3 is 1. The maximum atomic E-state index is 12.6. The van der Waals surface area contributed by atoms with E-state index in [2.05, 4.69) is 48.3 Å². The minimum absolute atomic E-state index is 0.262. The van der Waals surface area contributed by atoms with Crippen molar-refractivity contribution in [3.8, 4) is 21.6 Å². The topological polar surface area (TPSA) is 30.2 Å². The van der Waals surface area contributed by atoms with Crippen LogP contribution >= 0.6 is 11.3 Å². The molecule has 4 heteroatoms. The van der Waals surface area contributed by atoms with Crippen molar-refractivity contribution in [1.29, 1.82) is 0 Å². The molecular formula is C25H28NO2S+. The Bertz CT molecular complexity index is 987. The molecule has 1 aromatic carbocycles. The molecule has 2 heterocycles. The number of pyridine rings is 1. The van der Waals surface area contributed by atoms with Gasteiger partial charge in [0, 0.05) is 22.1 Å². The summed E-state index contributed by atoms with van der Waals surface area (Å²) in [6.07, 6.45) is 12.0. The van der Waals surface area contributed by atoms with Gasteiger partial charge in [-0.15, -0.1) is 11.3 Å². The van der Waals surface area contributed by atoms with E-state index in [1.165, 1.54) is 56.1 Å². The lowest BCUT2D eigenvalue weighted by Crippen LogP contribution is -2.27. The van der Waals surface area contributed by atoms with Gasteiger partial charge in [-0.05, 0) is 36.0 Å². The molecule has 1 fully saturated rings. The maximum absolute atomic E-state index is 12.6. The smallest absolute Gasteiger partial charge is 0.348 e. The van der Waals surface area contributed by atoms with Crippen LogP contribution in [0, 0.1) is 5.92 Å². The van der Waals surface area contributed by atoms with Crippen molar-refractivity contribution < 1.29 is 14.1 Å². The molecule has 3 nitrogen and oxygen atoms in total. The summed E-state index contributed by atoms with van der Waals surface area (Å²) < 4.78 is 7.23. The predicted octanol–water partition coefficient (Wildman–Crippen LogP) is 5.82. The molecule has 0 aliphatic heterocycles. The van der Waals surface area contributed by atoms with Crippen LogP contribution in [0.1, 0.15) is 47.3 Å². The molecule has 0 N–H and O–H groups in total. The van der Waals surface area contributed by atoms with E-state index in [0.29, 0.717) is 4.88 Å². The third-order valence-corrected chi connectivity index (χ3v) is 7.09. The second-order valence-corrected chi connectivity index (χ2v) is 9.00. The van der Waals surface area contributed by atoms with Crippen LogP contribution < -0.4 is 4.57 Å². The molecule has 1 aliphatic rings. The van der Waals surface area contributed by atoms with Crippen molar-refractivity contribution in [1.82, 2.24) is 0 Å². The largest absolute Gasteiger partial charge is 0.465 e. The van der Waals surface area contributed by atoms with Gasteiger partial charge < -0.3 is 4.74 Å². The highest BCUT2D eigenvalue weighted by Gasteiger charge is 2.23. The Labute approximate surface area is 177 Å². The summed E-state index contributed by atoms with van der Waals surface area (Å²) in [6.45, 7) is 0. The zero-order chi connectivity index (χ0) is 20.2. The molecule has 0 amide bonds. The fourth-order valence-electron chi connectivity index (χ4n) is 4.36. The zero-order valence-corrected chi connectivity index (χ0v) is 18.0. The van der Waals surface area contributed by atoms with E-state index in [1.54, 1.807) is 0 Å². The number of hydrogen-bond acceptors (Lipinski definition) is 3. The number of rotatable bonds is 6. The molecule has 0 unspecified atom stereocenters. The molecule has 29 heavy (non-hydrogen) atoms. The Kier molecular flexibility index (Phi) is 6.10. The van der Waals surface area contributed by atoms with E-state index < -0.39 is 0 Å². The van der Waals surface area contributed by atoms with E-state index in [0.717, 1.165) is 33.9 Å². The van der Waals surface area contributed by atoms with Crippen molar-refractivity contribution in [2.45, 2.75) is 38.5 Å². The van der Waals surface area contributed by atoms with Gasteiger partial charge in [0.15, 0.2) is 12.4 Å². The fourth-order valence-corrected chi connectivity index (χ4v) is 5.45. The van der Waals surface area contributed by atoms with Gasteiger partial charge >= 0.3 is 5.97 Å². The number of benzene rings is 1. The number of aryl methyl sites for hydroxylation is 2. The number of esters is 1. The standard InChI is InChI=1S/C25H28NO2S/c1-26-15-14-21(20(17-26)13-12-18-8-6-7-9-18)22-16-23(19-10-4-3-5-11-19)29-24(22)25(27)28-2/h3-5,10-11,14-18H,6-9,12-13H2,1-2H3/q+1. The van der Waals surface area contributed by atoms with E-state index in [9.17, 15) is 4.79 Å². The van der Waals surface area contributed by atoms with Gasteiger partial charge in [-0.1, -0.05) is 56.0 Å². The lowest BCUT2D eigenvalue weighted by Gasteiger charge is -2.11. The van der Waals surface area contributed by atoms with Crippen LogP contribution in [0.3, 0.4) is 0 Å². The summed E-state index contributed by atoms with van der Waals surface area (Å²) in [6, 6.07) is 14.5. The molecule has 1 aliphatic carbocycles. The first-order valence-electron chi connectivity index (χ1n) is 10.4. The van der Waals surface area contributed by atoms with Crippen LogP contribution in [-0.4, -0.2) is 13.1 Å². The highest BCUT2D eigenvalue weighted by Crippen LogP contribution is 2.39. The van der Waals surface area contributed by atoms with Gasteiger partial charge in [0.05, 0.1) is 7.11 Å². The Morgan fingerprint density at radius 3 is 2.62 bits per heavy atom. The summed E-state index contributed by atoms with van der Waals surface area (Å²) in [5.74, 6) is 0.581. The molecule has 0 radical (unpaired) electrons. The van der Waals surface area contributed by atoms with Gasteiger partial charge in [-0.2, -0.15) is 0 Å². The van der Waals surface area contributed by atoms with Crippen molar-refractivity contribution in [3.63, 3.8) is 0 Å². The number of ether oxygens (including phenoxy) is 1. The van der Waals surface area contributed by atoms with Crippen LogP contribution in [0.25, 0.3) is 21.6 Å². The molecule has 0 spiro atoms. The Balaban J connectivity index is 1.74. The summed E-state index contributed by atoms with van der Waals surface area (Å²) in [4.78, 5) is 14.4. The third-order valence-electron chi connectivity index (χ3n) is 5.93. The quantitative estimate of drug-likeness (QED) is 0.382. The van der Waals surface area contributed by atoms with Crippen molar-refractivity contribution in [3.05, 3.63) is 65.3 Å². The molecule has 3 aromatic rings. The zero-order valence-electron chi connectivity index (χ0n) is 17.2. The van der Waals surface area contributed by atoms with Crippen LogP contribution in [-0.2, 0) is 18.2 Å². The van der Waals surface area contributed by atoms with E-state index in [-0.39, 0.29) is 5.97 Å². The Hall–Kier alpha value is -2.46. The second-order valence-electron chi connectivity index (χ2n) is 7.95. The number of nitrogens with zero attached hydrogens (tertiary/aromatic N) is 1. The van der Waals surface area contributed by atoms with Gasteiger partial charge in [-0.25, -0.2) is 9.36 Å². The third kappa shape index (κ3) is 4.43. The molecule has 0 saturated heterocycles. The average molecular weight is 407 g/mol. The summed E-state index contributed by atoms with van der Waals surface area (Å²) >= 11 is 1.52. The average Bonchev–Trinajstić information content (AvgIpc) is 3.42. The molecule has 0 bridgehead atoms. The SMILES string of the molecule is COC(=O)c1sc(-c2ccccc2)cc1-c1cc[n+](C)cc1CCC1CCCC1. The highest BCUT2D eigenvalue weighted by molar-refractivity contribution is 7.17. The first kappa shape index (κ1) is 19.8. The van der Waals surface area contributed by atoms with Crippen molar-refractivity contribution >= 4 is 17.3 Å².